The van der Waals surface area contributed by atoms with Crippen LogP contribution in [0, 0.1) is 11.7 Å². The van der Waals surface area contributed by atoms with Gasteiger partial charge in [-0.25, -0.2) is 9.37 Å². The Bertz CT molecular complexity index is 1040. The van der Waals surface area contributed by atoms with Crippen LogP contribution < -0.4 is 10.9 Å². The minimum atomic E-state index is -0.401. The summed E-state index contributed by atoms with van der Waals surface area (Å²) in [6, 6.07) is 12.3. The molecule has 27 heavy (non-hydrogen) atoms. The van der Waals surface area contributed by atoms with Crippen molar-refractivity contribution < 1.29 is 4.39 Å². The zero-order valence-corrected chi connectivity index (χ0v) is 15.6. The van der Waals surface area contributed by atoms with Crippen molar-refractivity contribution in [1.29, 1.82) is 0 Å². The van der Waals surface area contributed by atoms with Crippen LogP contribution in [-0.2, 0) is 0 Å². The lowest BCUT2D eigenvalue weighted by Crippen LogP contribution is -2.26. The number of likely N-dealkylation sites (tertiary alicyclic amines) is 1. The second-order valence-corrected chi connectivity index (χ2v) is 7.37. The number of nitrogens with zero attached hydrogens (tertiary/aromatic N) is 2. The van der Waals surface area contributed by atoms with Gasteiger partial charge in [-0.3, -0.25) is 14.7 Å². The third-order valence-corrected chi connectivity index (χ3v) is 5.51. The largest absolute Gasteiger partial charge is 0.355 e. The summed E-state index contributed by atoms with van der Waals surface area (Å²) in [5, 5.41) is 3.95. The maximum Gasteiger partial charge on any atom is 0.260 e. The number of rotatable bonds is 4. The monoisotopic (exact) mass is 386 g/mol. The third-order valence-electron chi connectivity index (χ3n) is 5.20. The molecule has 0 saturated carbocycles. The summed E-state index contributed by atoms with van der Waals surface area (Å²) in [6.45, 7) is 1.55. The van der Waals surface area contributed by atoms with E-state index in [1.54, 1.807) is 12.1 Å². The summed E-state index contributed by atoms with van der Waals surface area (Å²) in [7, 11) is 2.04. The highest BCUT2D eigenvalue weighted by atomic mass is 35.5. The van der Waals surface area contributed by atoms with Crippen LogP contribution in [0.4, 0.5) is 10.3 Å². The fourth-order valence-electron chi connectivity index (χ4n) is 3.86. The molecule has 1 fully saturated rings. The maximum atomic E-state index is 13.9. The number of halogens is 2. The van der Waals surface area contributed by atoms with Crippen LogP contribution in [0.25, 0.3) is 10.9 Å². The molecule has 2 atom stereocenters. The molecule has 2 unspecified atom stereocenters. The Morgan fingerprint density at radius 1 is 1.33 bits per heavy atom. The fraction of sp³-hybridized carbons (Fsp3) is 0.300. The molecule has 7 heteroatoms. The zero-order chi connectivity index (χ0) is 19.0. The highest BCUT2D eigenvalue weighted by Gasteiger charge is 2.33. The van der Waals surface area contributed by atoms with E-state index < -0.39 is 5.82 Å². The number of aromatic amines is 1. The van der Waals surface area contributed by atoms with Gasteiger partial charge in [0.05, 0.1) is 15.9 Å². The molecular weight excluding hydrogens is 367 g/mol. The molecule has 5 nitrogen and oxygen atoms in total. The van der Waals surface area contributed by atoms with Gasteiger partial charge < -0.3 is 5.32 Å². The lowest BCUT2D eigenvalue weighted by Gasteiger charge is -2.26. The number of H-pyrrole nitrogens is 1. The third kappa shape index (κ3) is 3.55. The van der Waals surface area contributed by atoms with E-state index in [2.05, 4.69) is 20.2 Å². The summed E-state index contributed by atoms with van der Waals surface area (Å²) in [6.07, 6.45) is 0.968. The molecule has 0 radical (unpaired) electrons. The number of hydrogen-bond donors (Lipinski definition) is 2. The van der Waals surface area contributed by atoms with E-state index in [-0.39, 0.29) is 22.5 Å². The van der Waals surface area contributed by atoms with Gasteiger partial charge in [0.1, 0.15) is 5.82 Å². The lowest BCUT2D eigenvalue weighted by atomic mass is 9.93. The molecule has 0 amide bonds. The maximum absolute atomic E-state index is 13.9. The van der Waals surface area contributed by atoms with Crippen molar-refractivity contribution in [2.45, 2.75) is 12.5 Å². The number of para-hydroxylation sites is 1. The molecule has 0 spiro atoms. The van der Waals surface area contributed by atoms with Crippen LogP contribution in [0.3, 0.4) is 0 Å². The molecule has 0 bridgehead atoms. The Morgan fingerprint density at radius 3 is 2.96 bits per heavy atom. The van der Waals surface area contributed by atoms with Crippen LogP contribution in [0.1, 0.15) is 18.0 Å². The first-order valence-electron chi connectivity index (χ1n) is 8.91. The summed E-state index contributed by atoms with van der Waals surface area (Å²) >= 11 is 5.82. The molecule has 0 aliphatic carbocycles. The van der Waals surface area contributed by atoms with Crippen molar-refractivity contribution in [3.8, 4) is 0 Å². The van der Waals surface area contributed by atoms with Crippen molar-refractivity contribution in [3.63, 3.8) is 0 Å². The fourth-order valence-corrected chi connectivity index (χ4v) is 3.98. The first-order valence-corrected chi connectivity index (χ1v) is 9.29. The molecular formula is C20H20ClFN4O. The second kappa shape index (κ2) is 7.29. The molecule has 140 valence electrons. The van der Waals surface area contributed by atoms with E-state index in [0.29, 0.717) is 23.4 Å². The van der Waals surface area contributed by atoms with Gasteiger partial charge in [0.25, 0.3) is 5.56 Å². The van der Waals surface area contributed by atoms with Crippen LogP contribution >= 0.6 is 11.6 Å². The van der Waals surface area contributed by atoms with Crippen molar-refractivity contribution in [2.24, 2.45) is 5.92 Å². The minimum Gasteiger partial charge on any atom is -0.355 e. The smallest absolute Gasteiger partial charge is 0.260 e. The second-order valence-electron chi connectivity index (χ2n) is 6.96. The van der Waals surface area contributed by atoms with Crippen molar-refractivity contribution in [1.82, 2.24) is 14.9 Å². The Hall–Kier alpha value is -2.44. The first-order chi connectivity index (χ1) is 13.0. The summed E-state index contributed by atoms with van der Waals surface area (Å²) in [4.78, 5) is 21.7. The van der Waals surface area contributed by atoms with Gasteiger partial charge in [-0.1, -0.05) is 29.8 Å². The summed E-state index contributed by atoms with van der Waals surface area (Å²) in [5.41, 5.74) is 1.40. The molecule has 2 heterocycles. The number of anilines is 1. The van der Waals surface area contributed by atoms with E-state index in [1.807, 2.05) is 31.3 Å². The predicted octanol–water partition coefficient (Wildman–Crippen LogP) is 3.82. The van der Waals surface area contributed by atoms with Crippen LogP contribution in [0.5, 0.6) is 0 Å². The molecule has 1 aromatic heterocycles. The Labute approximate surface area is 161 Å². The molecule has 1 aliphatic rings. The standard InChI is InChI=1S/C20H20ClFN4O/c1-26-9-8-13(18(26)12-6-7-15(21)16(22)10-12)11-23-20-24-17-5-3-2-4-14(17)19(27)25-20/h2-7,10,13,18H,8-9,11H2,1H3,(H2,23,24,25,27). The summed E-state index contributed by atoms with van der Waals surface area (Å²) in [5.74, 6) is 0.309. The highest BCUT2D eigenvalue weighted by Crippen LogP contribution is 2.37. The molecule has 4 rings (SSSR count). The Morgan fingerprint density at radius 2 is 2.15 bits per heavy atom. The Balaban J connectivity index is 1.55. The average Bonchev–Trinajstić information content (AvgIpc) is 3.03. The number of fused-ring (bicyclic) bond motifs is 1. The normalized spacial score (nSPS) is 20.3. The van der Waals surface area contributed by atoms with Gasteiger partial charge in [0.15, 0.2) is 0 Å². The zero-order valence-electron chi connectivity index (χ0n) is 14.9. The average molecular weight is 387 g/mol. The minimum absolute atomic E-state index is 0.0800. The van der Waals surface area contributed by atoms with E-state index in [9.17, 15) is 9.18 Å². The van der Waals surface area contributed by atoms with Gasteiger partial charge in [-0.2, -0.15) is 0 Å². The van der Waals surface area contributed by atoms with Crippen molar-refractivity contribution in [2.75, 3.05) is 25.5 Å². The van der Waals surface area contributed by atoms with Gasteiger partial charge in [0.2, 0.25) is 5.95 Å². The molecule has 3 aromatic rings. The quantitative estimate of drug-likeness (QED) is 0.715. The van der Waals surface area contributed by atoms with Gasteiger partial charge in [0, 0.05) is 12.6 Å². The number of aromatic nitrogens is 2. The van der Waals surface area contributed by atoms with Crippen molar-refractivity contribution in [3.05, 3.63) is 69.2 Å². The molecule has 1 saturated heterocycles. The van der Waals surface area contributed by atoms with E-state index in [1.165, 1.54) is 6.07 Å². The van der Waals surface area contributed by atoms with E-state index in [0.717, 1.165) is 18.5 Å². The summed E-state index contributed by atoms with van der Waals surface area (Å²) < 4.78 is 13.9. The van der Waals surface area contributed by atoms with Crippen LogP contribution in [-0.4, -0.2) is 35.0 Å². The highest BCUT2D eigenvalue weighted by molar-refractivity contribution is 6.30. The molecule has 1 aliphatic heterocycles. The SMILES string of the molecule is CN1CCC(CNc2nc3ccccc3c(=O)[nH]2)C1c1ccc(Cl)c(F)c1. The van der Waals surface area contributed by atoms with Gasteiger partial charge >= 0.3 is 0 Å². The topological polar surface area (TPSA) is 61.0 Å². The lowest BCUT2D eigenvalue weighted by molar-refractivity contribution is 0.281. The van der Waals surface area contributed by atoms with E-state index in [4.69, 9.17) is 11.6 Å². The Kier molecular flexibility index (Phi) is 4.85. The predicted molar refractivity (Wildman–Crippen MR) is 106 cm³/mol. The molecule has 2 aromatic carbocycles. The number of benzene rings is 2. The van der Waals surface area contributed by atoms with Gasteiger partial charge in [-0.15, -0.1) is 0 Å². The van der Waals surface area contributed by atoms with Gasteiger partial charge in [-0.05, 0) is 55.8 Å². The number of nitrogens with one attached hydrogen (secondary N) is 2. The molecule has 2 N–H and O–H groups in total. The van der Waals surface area contributed by atoms with Crippen LogP contribution in [0.15, 0.2) is 47.3 Å². The number of hydrogen-bond acceptors (Lipinski definition) is 4. The van der Waals surface area contributed by atoms with Crippen molar-refractivity contribution >= 4 is 28.5 Å². The van der Waals surface area contributed by atoms with E-state index >= 15 is 0 Å². The van der Waals surface area contributed by atoms with Crippen LogP contribution in [0.2, 0.25) is 5.02 Å². The first kappa shape index (κ1) is 17.9.